The lowest BCUT2D eigenvalue weighted by Crippen LogP contribution is -2.43. The van der Waals surface area contributed by atoms with E-state index in [-0.39, 0.29) is 12.5 Å². The van der Waals surface area contributed by atoms with Crippen LogP contribution in [0.1, 0.15) is 26.3 Å². The summed E-state index contributed by atoms with van der Waals surface area (Å²) >= 11 is 6.78. The Morgan fingerprint density at radius 3 is 2.16 bits per heavy atom. The molecule has 0 spiro atoms. The van der Waals surface area contributed by atoms with Crippen LogP contribution in [0.15, 0.2) is 75.7 Å². The SMILES string of the molecule is Cc1cc(Br)cc(Br)c1OCC(=O)NNC(=O)c1ccc(NC(=O)c2ccccc2)cc1. The van der Waals surface area contributed by atoms with Gasteiger partial charge in [-0.3, -0.25) is 25.2 Å². The zero-order valence-electron chi connectivity index (χ0n) is 16.9. The van der Waals surface area contributed by atoms with Gasteiger partial charge in [-0.25, -0.2) is 0 Å². The van der Waals surface area contributed by atoms with Gasteiger partial charge in [0.15, 0.2) is 6.61 Å². The minimum Gasteiger partial charge on any atom is -0.482 e. The molecule has 7 nitrogen and oxygen atoms in total. The van der Waals surface area contributed by atoms with Crippen molar-refractivity contribution < 1.29 is 19.1 Å². The maximum absolute atomic E-state index is 12.3. The van der Waals surface area contributed by atoms with Crippen molar-refractivity contribution in [2.75, 3.05) is 11.9 Å². The lowest BCUT2D eigenvalue weighted by atomic mass is 10.1. The van der Waals surface area contributed by atoms with Gasteiger partial charge in [0.05, 0.1) is 4.47 Å². The van der Waals surface area contributed by atoms with Crippen LogP contribution in [0.5, 0.6) is 5.75 Å². The number of carbonyl (C=O) groups excluding carboxylic acids is 3. The number of benzene rings is 3. The molecule has 3 rings (SSSR count). The Bertz CT molecular complexity index is 1110. The molecule has 0 unspecified atom stereocenters. The second kappa shape index (κ2) is 10.9. The highest BCUT2D eigenvalue weighted by Crippen LogP contribution is 2.32. The number of halogens is 2. The molecule has 0 aliphatic rings. The second-order valence-corrected chi connectivity index (χ2v) is 8.49. The summed E-state index contributed by atoms with van der Waals surface area (Å²) in [5.41, 5.74) is 6.89. The Morgan fingerprint density at radius 1 is 0.844 bits per heavy atom. The molecule has 3 aromatic rings. The van der Waals surface area contributed by atoms with Crippen molar-refractivity contribution in [3.05, 3.63) is 92.4 Å². The van der Waals surface area contributed by atoms with Crippen molar-refractivity contribution in [2.24, 2.45) is 0 Å². The molecule has 3 aromatic carbocycles. The van der Waals surface area contributed by atoms with Crippen LogP contribution < -0.4 is 20.9 Å². The molecule has 3 amide bonds. The van der Waals surface area contributed by atoms with Crippen LogP contribution in [0.3, 0.4) is 0 Å². The van der Waals surface area contributed by atoms with Crippen LogP contribution in [0.2, 0.25) is 0 Å². The van der Waals surface area contributed by atoms with Gasteiger partial charge in [0.2, 0.25) is 0 Å². The lowest BCUT2D eigenvalue weighted by Gasteiger charge is -2.12. The Morgan fingerprint density at radius 2 is 1.50 bits per heavy atom. The van der Waals surface area contributed by atoms with Crippen LogP contribution in [-0.2, 0) is 4.79 Å². The predicted octanol–water partition coefficient (Wildman–Crippen LogP) is 4.61. The summed E-state index contributed by atoms with van der Waals surface area (Å²) in [6.07, 6.45) is 0. The van der Waals surface area contributed by atoms with Gasteiger partial charge < -0.3 is 10.1 Å². The largest absolute Gasteiger partial charge is 0.482 e. The number of nitrogens with one attached hydrogen (secondary N) is 3. The number of hydrogen-bond donors (Lipinski definition) is 3. The van der Waals surface area contributed by atoms with E-state index in [1.165, 1.54) is 0 Å². The normalized spacial score (nSPS) is 10.2. The first-order chi connectivity index (χ1) is 15.3. The maximum atomic E-state index is 12.3. The van der Waals surface area contributed by atoms with Crippen molar-refractivity contribution in [2.45, 2.75) is 6.92 Å². The van der Waals surface area contributed by atoms with Gasteiger partial charge in [0.25, 0.3) is 17.7 Å². The molecule has 164 valence electrons. The minimum atomic E-state index is -0.515. The van der Waals surface area contributed by atoms with Crippen molar-refractivity contribution in [1.29, 1.82) is 0 Å². The molecule has 32 heavy (non-hydrogen) atoms. The Kier molecular flexibility index (Phi) is 8.02. The summed E-state index contributed by atoms with van der Waals surface area (Å²) in [5, 5.41) is 2.76. The highest BCUT2D eigenvalue weighted by molar-refractivity contribution is 9.11. The number of hydrogen-bond acceptors (Lipinski definition) is 4. The van der Waals surface area contributed by atoms with Crippen molar-refractivity contribution in [3.8, 4) is 5.75 Å². The molecule has 0 saturated heterocycles. The van der Waals surface area contributed by atoms with E-state index >= 15 is 0 Å². The van der Waals surface area contributed by atoms with E-state index in [2.05, 4.69) is 48.0 Å². The molecule has 0 radical (unpaired) electrons. The van der Waals surface area contributed by atoms with E-state index in [1.807, 2.05) is 25.1 Å². The standard InChI is InChI=1S/C23H19Br2N3O4/c1-14-11-17(24)12-19(25)21(14)32-13-20(29)27-28-23(31)16-7-9-18(10-8-16)26-22(30)15-5-3-2-4-6-15/h2-12H,13H2,1H3,(H,26,30)(H,27,29)(H,28,31). The summed E-state index contributed by atoms with van der Waals surface area (Å²) < 4.78 is 7.13. The van der Waals surface area contributed by atoms with E-state index in [9.17, 15) is 14.4 Å². The molecule has 0 heterocycles. The Labute approximate surface area is 201 Å². The summed E-state index contributed by atoms with van der Waals surface area (Å²) in [6, 6.07) is 18.8. The van der Waals surface area contributed by atoms with E-state index in [0.29, 0.717) is 27.0 Å². The minimum absolute atomic E-state index is 0.247. The molecule has 0 fully saturated rings. The molecule has 0 aromatic heterocycles. The van der Waals surface area contributed by atoms with Gasteiger partial charge in [-0.1, -0.05) is 34.1 Å². The summed E-state index contributed by atoms with van der Waals surface area (Å²) in [5.74, 6) is -0.717. The molecular formula is C23H19Br2N3O4. The summed E-state index contributed by atoms with van der Waals surface area (Å²) in [4.78, 5) is 36.5. The fourth-order valence-electron chi connectivity index (χ4n) is 2.74. The number of rotatable bonds is 6. The topological polar surface area (TPSA) is 96.5 Å². The average molecular weight is 561 g/mol. The van der Waals surface area contributed by atoms with Gasteiger partial charge in [0.1, 0.15) is 5.75 Å². The molecule has 0 aliphatic carbocycles. The monoisotopic (exact) mass is 559 g/mol. The lowest BCUT2D eigenvalue weighted by molar-refractivity contribution is -0.123. The molecule has 9 heteroatoms. The Hall–Kier alpha value is -3.17. The van der Waals surface area contributed by atoms with Crippen LogP contribution in [0.4, 0.5) is 5.69 Å². The number of anilines is 1. The van der Waals surface area contributed by atoms with E-state index in [0.717, 1.165) is 10.0 Å². The third-order valence-corrected chi connectivity index (χ3v) is 5.34. The Balaban J connectivity index is 1.48. The van der Waals surface area contributed by atoms with Gasteiger partial charge in [-0.2, -0.15) is 0 Å². The maximum Gasteiger partial charge on any atom is 0.276 e. The average Bonchev–Trinajstić information content (AvgIpc) is 2.77. The van der Waals surface area contributed by atoms with E-state index < -0.39 is 11.8 Å². The first-order valence-electron chi connectivity index (χ1n) is 9.47. The highest BCUT2D eigenvalue weighted by atomic mass is 79.9. The fourth-order valence-corrected chi connectivity index (χ4v) is 4.30. The fraction of sp³-hybridized carbons (Fsp3) is 0.0870. The van der Waals surface area contributed by atoms with Gasteiger partial charge in [-0.05, 0) is 76.9 Å². The van der Waals surface area contributed by atoms with Gasteiger partial charge in [-0.15, -0.1) is 0 Å². The third-order valence-electron chi connectivity index (χ3n) is 4.30. The van der Waals surface area contributed by atoms with E-state index in [4.69, 9.17) is 4.74 Å². The molecule has 0 bridgehead atoms. The van der Waals surface area contributed by atoms with Crippen LogP contribution in [0.25, 0.3) is 0 Å². The zero-order valence-corrected chi connectivity index (χ0v) is 20.1. The quantitative estimate of drug-likeness (QED) is 0.383. The first kappa shape index (κ1) is 23.5. The smallest absolute Gasteiger partial charge is 0.276 e. The molecular weight excluding hydrogens is 542 g/mol. The van der Waals surface area contributed by atoms with Crippen LogP contribution >= 0.6 is 31.9 Å². The van der Waals surface area contributed by atoms with Gasteiger partial charge in [0, 0.05) is 21.3 Å². The first-order valence-corrected chi connectivity index (χ1v) is 11.1. The van der Waals surface area contributed by atoms with Crippen molar-refractivity contribution in [3.63, 3.8) is 0 Å². The van der Waals surface area contributed by atoms with E-state index in [1.54, 1.807) is 48.5 Å². The van der Waals surface area contributed by atoms with Gasteiger partial charge >= 0.3 is 0 Å². The highest BCUT2D eigenvalue weighted by Gasteiger charge is 2.12. The number of carbonyl (C=O) groups is 3. The second-order valence-electron chi connectivity index (χ2n) is 6.72. The van der Waals surface area contributed by atoms with Crippen LogP contribution in [0, 0.1) is 6.92 Å². The van der Waals surface area contributed by atoms with Crippen molar-refractivity contribution >= 4 is 55.3 Å². The number of hydrazine groups is 1. The zero-order chi connectivity index (χ0) is 23.1. The third kappa shape index (κ3) is 6.41. The molecule has 0 saturated carbocycles. The van der Waals surface area contributed by atoms with Crippen LogP contribution in [-0.4, -0.2) is 24.3 Å². The van der Waals surface area contributed by atoms with Crippen molar-refractivity contribution in [1.82, 2.24) is 10.9 Å². The number of aryl methyl sites for hydroxylation is 1. The molecule has 0 aliphatic heterocycles. The molecule has 3 N–H and O–H groups in total. The summed E-state index contributed by atoms with van der Waals surface area (Å²) in [7, 11) is 0. The number of ether oxygens (including phenoxy) is 1. The number of amides is 3. The molecule has 0 atom stereocenters. The summed E-state index contributed by atoms with van der Waals surface area (Å²) in [6.45, 7) is 1.59. The predicted molar refractivity (Wildman–Crippen MR) is 129 cm³/mol.